The van der Waals surface area contributed by atoms with Gasteiger partial charge in [0.05, 0.1) is 18.3 Å². The Bertz CT molecular complexity index is 625. The van der Waals surface area contributed by atoms with Gasteiger partial charge in [-0.15, -0.1) is 0 Å². The Balaban J connectivity index is 2.50. The lowest BCUT2D eigenvalue weighted by molar-refractivity contribution is -0.202. The van der Waals surface area contributed by atoms with Gasteiger partial charge < -0.3 is 28.5 Å². The monoisotopic (exact) mass is 444 g/mol. The van der Waals surface area contributed by atoms with Crippen LogP contribution in [-0.2, 0) is 28.2 Å². The summed E-state index contributed by atoms with van der Waals surface area (Å²) in [5.74, 6) is -2.00. The van der Waals surface area contributed by atoms with Gasteiger partial charge in [0.1, 0.15) is 6.10 Å². The van der Waals surface area contributed by atoms with Crippen LogP contribution in [0.2, 0.25) is 13.1 Å². The van der Waals surface area contributed by atoms with Crippen molar-refractivity contribution < 1.29 is 33.3 Å². The molecule has 174 valence electrons. The SMILES string of the molecule is CCOC(C)OC1CC(=CC(=O)O)C(C(O[SiH](C)C)C(C)(C)C)C2OC(C)(C)OC12. The van der Waals surface area contributed by atoms with Crippen molar-refractivity contribution >= 4 is 15.0 Å². The van der Waals surface area contributed by atoms with Gasteiger partial charge in [0.15, 0.2) is 21.1 Å². The van der Waals surface area contributed by atoms with E-state index in [0.29, 0.717) is 13.0 Å². The molecule has 0 aromatic carbocycles. The topological polar surface area (TPSA) is 83.5 Å². The molecule has 6 unspecified atom stereocenters. The zero-order chi connectivity index (χ0) is 22.9. The van der Waals surface area contributed by atoms with E-state index in [1.165, 1.54) is 6.08 Å². The highest BCUT2D eigenvalue weighted by Crippen LogP contribution is 2.48. The summed E-state index contributed by atoms with van der Waals surface area (Å²) in [5.41, 5.74) is 0.570. The molecule has 7 nitrogen and oxygen atoms in total. The number of ether oxygens (including phenoxy) is 4. The number of fused-ring (bicyclic) bond motifs is 1. The van der Waals surface area contributed by atoms with Crippen molar-refractivity contribution in [2.45, 2.75) is 104 Å². The maximum absolute atomic E-state index is 11.7. The fourth-order valence-electron chi connectivity index (χ4n) is 4.52. The lowest BCUT2D eigenvalue weighted by atomic mass is 9.69. The fraction of sp³-hybridized carbons (Fsp3) is 0.864. The van der Waals surface area contributed by atoms with Gasteiger partial charge in [-0.2, -0.15) is 0 Å². The fourth-order valence-corrected chi connectivity index (χ4v) is 5.69. The van der Waals surface area contributed by atoms with Crippen molar-refractivity contribution in [2.24, 2.45) is 11.3 Å². The standard InChI is InChI=1S/C22H40O7Si/c1-10-25-13(2)26-15-11-14(12-16(23)24)17(19-18(15)27-22(6,7)28-19)20(21(3,4)5)29-30(8)9/h12-13,15,17-20,30H,10-11H2,1-9H3,(H,23,24). The van der Waals surface area contributed by atoms with Crippen LogP contribution in [0.5, 0.6) is 0 Å². The molecule has 1 aliphatic heterocycles. The Morgan fingerprint density at radius 1 is 1.30 bits per heavy atom. The molecule has 0 radical (unpaired) electrons. The predicted molar refractivity (Wildman–Crippen MR) is 117 cm³/mol. The molecular weight excluding hydrogens is 404 g/mol. The van der Waals surface area contributed by atoms with Crippen LogP contribution in [0, 0.1) is 11.3 Å². The average Bonchev–Trinajstić information content (AvgIpc) is 2.87. The van der Waals surface area contributed by atoms with E-state index in [4.69, 9.17) is 23.4 Å². The first-order valence-corrected chi connectivity index (χ1v) is 13.7. The molecule has 8 heteroatoms. The molecule has 0 amide bonds. The van der Waals surface area contributed by atoms with E-state index >= 15 is 0 Å². The Hall–Kier alpha value is -0.773. The summed E-state index contributed by atoms with van der Waals surface area (Å²) in [4.78, 5) is 11.7. The van der Waals surface area contributed by atoms with Gasteiger partial charge in [-0.05, 0) is 52.6 Å². The van der Waals surface area contributed by atoms with Crippen molar-refractivity contribution in [1.29, 1.82) is 0 Å². The zero-order valence-electron chi connectivity index (χ0n) is 19.9. The summed E-state index contributed by atoms with van der Waals surface area (Å²) in [7, 11) is -1.40. The van der Waals surface area contributed by atoms with Gasteiger partial charge >= 0.3 is 5.97 Å². The number of hydrogen-bond acceptors (Lipinski definition) is 6. The van der Waals surface area contributed by atoms with Gasteiger partial charge in [-0.25, -0.2) is 4.79 Å². The molecule has 0 aromatic heterocycles. The maximum Gasteiger partial charge on any atom is 0.328 e. The van der Waals surface area contributed by atoms with E-state index in [-0.39, 0.29) is 35.7 Å². The van der Waals surface area contributed by atoms with Crippen molar-refractivity contribution in [3.05, 3.63) is 11.6 Å². The number of carboxylic acid groups (broad SMARTS) is 1. The second-order valence-electron chi connectivity index (χ2n) is 10.0. The normalized spacial score (nSPS) is 32.3. The molecule has 1 aliphatic carbocycles. The van der Waals surface area contributed by atoms with Crippen LogP contribution in [0.4, 0.5) is 0 Å². The molecule has 1 heterocycles. The third kappa shape index (κ3) is 6.37. The molecule has 0 aromatic rings. The smallest absolute Gasteiger partial charge is 0.328 e. The predicted octanol–water partition coefficient (Wildman–Crippen LogP) is 3.72. The van der Waals surface area contributed by atoms with Crippen LogP contribution in [0.15, 0.2) is 11.6 Å². The van der Waals surface area contributed by atoms with Crippen molar-refractivity contribution in [3.63, 3.8) is 0 Å². The van der Waals surface area contributed by atoms with Crippen LogP contribution < -0.4 is 0 Å². The van der Waals surface area contributed by atoms with Crippen LogP contribution in [0.1, 0.15) is 54.9 Å². The minimum atomic E-state index is -1.40. The van der Waals surface area contributed by atoms with Crippen molar-refractivity contribution in [1.82, 2.24) is 0 Å². The first-order chi connectivity index (χ1) is 13.7. The lowest BCUT2D eigenvalue weighted by Gasteiger charge is -2.47. The Morgan fingerprint density at radius 3 is 2.40 bits per heavy atom. The second-order valence-corrected chi connectivity index (χ2v) is 12.4. The van der Waals surface area contributed by atoms with Gasteiger partial charge in [-0.1, -0.05) is 26.3 Å². The molecule has 2 aliphatic rings. The Labute approximate surface area is 182 Å². The van der Waals surface area contributed by atoms with Gasteiger partial charge in [0, 0.05) is 18.6 Å². The number of carbonyl (C=O) groups is 1. The molecule has 6 atom stereocenters. The molecule has 30 heavy (non-hydrogen) atoms. The average molecular weight is 445 g/mol. The Kier molecular flexibility index (Phi) is 8.32. The van der Waals surface area contributed by atoms with E-state index in [0.717, 1.165) is 5.57 Å². The highest BCUT2D eigenvalue weighted by Gasteiger charge is 2.57. The molecular formula is C22H40O7Si. The Morgan fingerprint density at radius 2 is 1.90 bits per heavy atom. The highest BCUT2D eigenvalue weighted by molar-refractivity contribution is 6.48. The summed E-state index contributed by atoms with van der Waals surface area (Å²) in [5, 5.41) is 9.60. The van der Waals surface area contributed by atoms with E-state index in [2.05, 4.69) is 33.9 Å². The molecule has 2 fully saturated rings. The van der Waals surface area contributed by atoms with Gasteiger partial charge in [0.25, 0.3) is 0 Å². The van der Waals surface area contributed by atoms with E-state index in [9.17, 15) is 9.90 Å². The number of hydrogen-bond donors (Lipinski definition) is 1. The van der Waals surface area contributed by atoms with Crippen LogP contribution in [-0.4, -0.2) is 63.2 Å². The van der Waals surface area contributed by atoms with Gasteiger partial charge in [-0.3, -0.25) is 0 Å². The highest BCUT2D eigenvalue weighted by atomic mass is 28.3. The first kappa shape index (κ1) is 25.5. The van der Waals surface area contributed by atoms with Crippen molar-refractivity contribution in [3.8, 4) is 0 Å². The minimum Gasteiger partial charge on any atom is -0.478 e. The van der Waals surface area contributed by atoms with Crippen LogP contribution >= 0.6 is 0 Å². The van der Waals surface area contributed by atoms with E-state index in [1.807, 2.05) is 27.7 Å². The maximum atomic E-state index is 11.7. The molecule has 2 rings (SSSR count). The minimum absolute atomic E-state index is 0.190. The van der Waals surface area contributed by atoms with Crippen LogP contribution in [0.25, 0.3) is 0 Å². The summed E-state index contributed by atoms with van der Waals surface area (Å²) >= 11 is 0. The second kappa shape index (κ2) is 9.79. The summed E-state index contributed by atoms with van der Waals surface area (Å²) in [6, 6.07) is 0. The third-order valence-corrected chi connectivity index (χ3v) is 6.26. The summed E-state index contributed by atoms with van der Waals surface area (Å²) < 4.78 is 30.9. The number of carboxylic acids is 1. The first-order valence-electron chi connectivity index (χ1n) is 11.0. The molecule has 1 saturated heterocycles. The molecule has 0 spiro atoms. The third-order valence-electron chi connectivity index (χ3n) is 5.42. The number of rotatable bonds is 8. The largest absolute Gasteiger partial charge is 0.478 e. The summed E-state index contributed by atoms with van der Waals surface area (Å²) in [6.45, 7) is 18.7. The van der Waals surface area contributed by atoms with E-state index < -0.39 is 27.1 Å². The van der Waals surface area contributed by atoms with Gasteiger partial charge in [0.2, 0.25) is 0 Å². The van der Waals surface area contributed by atoms with Crippen molar-refractivity contribution in [2.75, 3.05) is 6.61 Å². The number of aliphatic carboxylic acids is 1. The molecule has 1 saturated carbocycles. The lowest BCUT2D eigenvalue weighted by Crippen LogP contribution is -2.55. The quantitative estimate of drug-likeness (QED) is 0.347. The molecule has 1 N–H and O–H groups in total. The van der Waals surface area contributed by atoms with E-state index in [1.54, 1.807) is 0 Å². The zero-order valence-corrected chi connectivity index (χ0v) is 21.1. The van der Waals surface area contributed by atoms with Crippen LogP contribution in [0.3, 0.4) is 0 Å². The summed E-state index contributed by atoms with van der Waals surface area (Å²) in [6.07, 6.45) is 0.0676. The molecule has 0 bridgehead atoms.